The van der Waals surface area contributed by atoms with Crippen LogP contribution in [-0.4, -0.2) is 69.7 Å². The molecule has 1 aromatic heterocycles. The van der Waals surface area contributed by atoms with E-state index in [1.165, 1.54) is 0 Å². The first-order valence-electron chi connectivity index (χ1n) is 13.2. The molecule has 1 heterocycles. The molecular formula is C29H37N5O6. The van der Waals surface area contributed by atoms with Crippen molar-refractivity contribution in [1.29, 1.82) is 0 Å². The number of hydrogen-bond donors (Lipinski definition) is 7. The second-order valence-electron chi connectivity index (χ2n) is 10.2. The fraction of sp³-hybridized carbons (Fsp3) is 0.379. The number of carbonyl (C=O) groups is 4. The van der Waals surface area contributed by atoms with E-state index in [2.05, 4.69) is 20.9 Å². The maximum Gasteiger partial charge on any atom is 0.326 e. The minimum absolute atomic E-state index is 0.0116. The number of nitrogens with one attached hydrogen (secondary N) is 4. The predicted octanol–water partition coefficient (Wildman–Crippen LogP) is 0.858. The number of para-hydroxylation sites is 1. The number of benzene rings is 2. The third-order valence-electron chi connectivity index (χ3n) is 6.50. The van der Waals surface area contributed by atoms with E-state index >= 15 is 0 Å². The fourth-order valence-corrected chi connectivity index (χ4v) is 4.40. The number of aliphatic carboxylic acids is 1. The zero-order chi connectivity index (χ0) is 29.2. The number of nitrogens with two attached hydrogens (primary N) is 1. The molecule has 11 heteroatoms. The molecule has 0 bridgehead atoms. The van der Waals surface area contributed by atoms with Crippen LogP contribution in [0.2, 0.25) is 0 Å². The van der Waals surface area contributed by atoms with E-state index < -0.39 is 54.5 Å². The Kier molecular flexibility index (Phi) is 10.8. The van der Waals surface area contributed by atoms with Gasteiger partial charge in [-0.3, -0.25) is 14.4 Å². The lowest BCUT2D eigenvalue weighted by Crippen LogP contribution is -2.58. The van der Waals surface area contributed by atoms with E-state index in [0.717, 1.165) is 22.0 Å². The number of H-pyrrole nitrogens is 1. The van der Waals surface area contributed by atoms with Crippen molar-refractivity contribution in [3.05, 3.63) is 71.9 Å². The van der Waals surface area contributed by atoms with Crippen LogP contribution in [0.25, 0.3) is 10.9 Å². The Hall–Kier alpha value is -4.22. The molecule has 3 rings (SSSR count). The highest BCUT2D eigenvalue weighted by Crippen LogP contribution is 2.19. The number of rotatable bonds is 14. The van der Waals surface area contributed by atoms with Gasteiger partial charge in [-0.05, 0) is 36.0 Å². The van der Waals surface area contributed by atoms with E-state index in [4.69, 9.17) is 5.73 Å². The third-order valence-corrected chi connectivity index (χ3v) is 6.50. The van der Waals surface area contributed by atoms with Crippen LogP contribution in [0.3, 0.4) is 0 Å². The number of aromatic nitrogens is 1. The second-order valence-corrected chi connectivity index (χ2v) is 10.2. The van der Waals surface area contributed by atoms with Crippen LogP contribution in [0.1, 0.15) is 31.4 Å². The number of aliphatic hydroxyl groups excluding tert-OH is 1. The summed E-state index contributed by atoms with van der Waals surface area (Å²) in [7, 11) is 0. The molecule has 3 aromatic rings. The molecule has 40 heavy (non-hydrogen) atoms. The van der Waals surface area contributed by atoms with Crippen molar-refractivity contribution in [2.24, 2.45) is 11.7 Å². The zero-order valence-electron chi connectivity index (χ0n) is 22.6. The Morgan fingerprint density at radius 1 is 0.825 bits per heavy atom. The van der Waals surface area contributed by atoms with Crippen LogP contribution in [0.5, 0.6) is 0 Å². The SMILES string of the molecule is CC(C)CC(NC(=O)C(CO)NC(=O)C(Cc1ccccc1)NC(=O)C(N)Cc1c[nH]c2ccccc12)C(=O)O. The Morgan fingerprint density at radius 2 is 1.43 bits per heavy atom. The fourth-order valence-electron chi connectivity index (χ4n) is 4.40. The largest absolute Gasteiger partial charge is 0.480 e. The van der Waals surface area contributed by atoms with Gasteiger partial charge in [0.1, 0.15) is 18.1 Å². The van der Waals surface area contributed by atoms with Crippen molar-refractivity contribution < 1.29 is 29.4 Å². The summed E-state index contributed by atoms with van der Waals surface area (Å²) in [5.74, 6) is -3.36. The molecule has 214 valence electrons. The molecule has 0 spiro atoms. The van der Waals surface area contributed by atoms with Gasteiger partial charge < -0.3 is 36.9 Å². The second kappa shape index (κ2) is 14.2. The van der Waals surface area contributed by atoms with Gasteiger partial charge >= 0.3 is 5.97 Å². The molecular weight excluding hydrogens is 514 g/mol. The number of carbonyl (C=O) groups excluding carboxylic acids is 3. The van der Waals surface area contributed by atoms with Crippen molar-refractivity contribution in [2.45, 2.75) is 57.3 Å². The molecule has 0 aliphatic carbocycles. The van der Waals surface area contributed by atoms with E-state index in [9.17, 15) is 29.4 Å². The van der Waals surface area contributed by atoms with Crippen molar-refractivity contribution in [1.82, 2.24) is 20.9 Å². The van der Waals surface area contributed by atoms with Crippen LogP contribution in [-0.2, 0) is 32.0 Å². The molecule has 0 saturated heterocycles. The molecule has 0 saturated carbocycles. The van der Waals surface area contributed by atoms with Gasteiger partial charge in [0.15, 0.2) is 0 Å². The Morgan fingerprint density at radius 3 is 2.08 bits per heavy atom. The number of aromatic amines is 1. The Bertz CT molecular complexity index is 1310. The number of carboxylic acid groups (broad SMARTS) is 1. The Balaban J connectivity index is 1.72. The monoisotopic (exact) mass is 551 g/mol. The van der Waals surface area contributed by atoms with Gasteiger partial charge in [-0.1, -0.05) is 62.4 Å². The van der Waals surface area contributed by atoms with Gasteiger partial charge in [-0.15, -0.1) is 0 Å². The zero-order valence-corrected chi connectivity index (χ0v) is 22.6. The molecule has 3 amide bonds. The smallest absolute Gasteiger partial charge is 0.326 e. The van der Waals surface area contributed by atoms with Gasteiger partial charge in [0, 0.05) is 23.5 Å². The quantitative estimate of drug-likeness (QED) is 0.155. The van der Waals surface area contributed by atoms with E-state index in [-0.39, 0.29) is 25.2 Å². The first kappa shape index (κ1) is 30.3. The number of amides is 3. The summed E-state index contributed by atoms with van der Waals surface area (Å²) in [6, 6.07) is 11.9. The van der Waals surface area contributed by atoms with Crippen molar-refractivity contribution in [2.75, 3.05) is 6.61 Å². The van der Waals surface area contributed by atoms with Crippen molar-refractivity contribution in [3.63, 3.8) is 0 Å². The average molecular weight is 552 g/mol. The molecule has 4 unspecified atom stereocenters. The maximum atomic E-state index is 13.3. The van der Waals surface area contributed by atoms with Crippen LogP contribution in [0.4, 0.5) is 0 Å². The standard InChI is InChI=1S/C29H37N5O6/c1-17(2)12-24(29(39)40)33-28(38)25(16-35)34-27(37)23(13-18-8-4-3-5-9-18)32-26(36)21(30)14-19-15-31-22-11-7-6-10-20(19)22/h3-11,15,17,21,23-25,31,35H,12-14,16,30H2,1-2H3,(H,32,36)(H,33,38)(H,34,37)(H,39,40). The number of aliphatic hydroxyl groups is 1. The molecule has 11 nitrogen and oxygen atoms in total. The average Bonchev–Trinajstić information content (AvgIpc) is 3.33. The van der Waals surface area contributed by atoms with Gasteiger partial charge in [0.2, 0.25) is 17.7 Å². The minimum atomic E-state index is -1.42. The highest BCUT2D eigenvalue weighted by molar-refractivity contribution is 5.94. The van der Waals surface area contributed by atoms with Crippen molar-refractivity contribution in [3.8, 4) is 0 Å². The van der Waals surface area contributed by atoms with Crippen LogP contribution >= 0.6 is 0 Å². The van der Waals surface area contributed by atoms with E-state index in [0.29, 0.717) is 0 Å². The van der Waals surface area contributed by atoms with Crippen LogP contribution in [0.15, 0.2) is 60.8 Å². The number of hydrogen-bond acceptors (Lipinski definition) is 6. The molecule has 0 aliphatic rings. The topological polar surface area (TPSA) is 187 Å². The van der Waals surface area contributed by atoms with Crippen LogP contribution < -0.4 is 21.7 Å². The summed E-state index contributed by atoms with van der Waals surface area (Å²) >= 11 is 0. The molecule has 0 radical (unpaired) electrons. The Labute approximate surface area is 232 Å². The lowest BCUT2D eigenvalue weighted by Gasteiger charge is -2.25. The molecule has 0 fully saturated rings. The molecule has 4 atom stereocenters. The summed E-state index contributed by atoms with van der Waals surface area (Å²) < 4.78 is 0. The molecule has 2 aromatic carbocycles. The first-order valence-corrected chi connectivity index (χ1v) is 13.2. The minimum Gasteiger partial charge on any atom is -0.480 e. The highest BCUT2D eigenvalue weighted by Gasteiger charge is 2.30. The molecule has 8 N–H and O–H groups in total. The van der Waals surface area contributed by atoms with E-state index in [1.54, 1.807) is 30.5 Å². The first-order chi connectivity index (χ1) is 19.1. The lowest BCUT2D eigenvalue weighted by atomic mass is 10.0. The highest BCUT2D eigenvalue weighted by atomic mass is 16.4. The van der Waals surface area contributed by atoms with Gasteiger partial charge in [0.05, 0.1) is 12.6 Å². The number of carboxylic acids is 1. The van der Waals surface area contributed by atoms with Gasteiger partial charge in [0.25, 0.3) is 0 Å². The summed E-state index contributed by atoms with van der Waals surface area (Å²) in [6.07, 6.45) is 2.29. The summed E-state index contributed by atoms with van der Waals surface area (Å²) in [5, 5.41) is 27.7. The van der Waals surface area contributed by atoms with Gasteiger partial charge in [-0.25, -0.2) is 4.79 Å². The van der Waals surface area contributed by atoms with Crippen LogP contribution in [0, 0.1) is 5.92 Å². The van der Waals surface area contributed by atoms with Gasteiger partial charge in [-0.2, -0.15) is 0 Å². The lowest BCUT2D eigenvalue weighted by molar-refractivity contribution is -0.143. The predicted molar refractivity (Wildman–Crippen MR) is 150 cm³/mol. The third kappa shape index (κ3) is 8.39. The summed E-state index contributed by atoms with van der Waals surface area (Å²) in [5.41, 5.74) is 8.74. The van der Waals surface area contributed by atoms with E-state index in [1.807, 2.05) is 44.2 Å². The normalized spacial score (nSPS) is 14.2. The summed E-state index contributed by atoms with van der Waals surface area (Å²) in [6.45, 7) is 2.86. The summed E-state index contributed by atoms with van der Waals surface area (Å²) in [4.78, 5) is 53.8. The molecule has 0 aliphatic heterocycles. The number of fused-ring (bicyclic) bond motifs is 1. The van der Waals surface area contributed by atoms with Crippen molar-refractivity contribution >= 4 is 34.6 Å². The maximum absolute atomic E-state index is 13.3.